The number of carbonyl (C=O) groups is 1. The van der Waals surface area contributed by atoms with Crippen LogP contribution in [0.2, 0.25) is 0 Å². The Morgan fingerprint density at radius 1 is 1.56 bits per heavy atom. The first-order valence-corrected chi connectivity index (χ1v) is 6.34. The van der Waals surface area contributed by atoms with Crippen LogP contribution >= 0.6 is 12.2 Å². The van der Waals surface area contributed by atoms with Crippen molar-refractivity contribution >= 4 is 23.1 Å². The molecule has 7 heteroatoms. The van der Waals surface area contributed by atoms with Crippen molar-refractivity contribution in [1.29, 1.82) is 0 Å². The molecule has 1 unspecified atom stereocenters. The molecule has 0 radical (unpaired) electrons. The third-order valence-electron chi connectivity index (χ3n) is 2.59. The fourth-order valence-electron chi connectivity index (χ4n) is 1.68. The van der Waals surface area contributed by atoms with Crippen molar-refractivity contribution in [2.45, 2.75) is 26.8 Å². The van der Waals surface area contributed by atoms with E-state index in [2.05, 4.69) is 15.6 Å². The second kappa shape index (κ2) is 7.05. The van der Waals surface area contributed by atoms with Gasteiger partial charge in [0.25, 0.3) is 0 Å². The Balaban J connectivity index is 2.29. The Morgan fingerprint density at radius 3 is 2.78 bits per heavy atom. The molecule has 1 atom stereocenters. The Kier molecular flexibility index (Phi) is 5.70. The van der Waals surface area contributed by atoms with Gasteiger partial charge in [0.1, 0.15) is 0 Å². The molecule has 0 bridgehead atoms. The topological polar surface area (TPSA) is 85.8 Å². The first kappa shape index (κ1) is 14.6. The third kappa shape index (κ3) is 4.40. The number of thiocarbonyl (C=S) groups is 1. The van der Waals surface area contributed by atoms with Crippen molar-refractivity contribution in [3.05, 3.63) is 12.4 Å². The molecule has 0 fully saturated rings. The maximum absolute atomic E-state index is 11.9. The second-order valence-corrected chi connectivity index (χ2v) is 4.91. The Labute approximate surface area is 112 Å². The molecule has 0 saturated heterocycles. The molecule has 0 aromatic carbocycles. The molecule has 0 aliphatic heterocycles. The maximum Gasteiger partial charge on any atom is 0.230 e. The van der Waals surface area contributed by atoms with Crippen LogP contribution in [0, 0.1) is 11.8 Å². The van der Waals surface area contributed by atoms with E-state index in [0.29, 0.717) is 6.54 Å². The summed E-state index contributed by atoms with van der Waals surface area (Å²) in [4.78, 5) is 12.1. The summed E-state index contributed by atoms with van der Waals surface area (Å²) in [5.41, 5.74) is 5.57. The Hall–Kier alpha value is -1.50. The number of amides is 1. The fourth-order valence-corrected chi connectivity index (χ4v) is 2.05. The predicted molar refractivity (Wildman–Crippen MR) is 72.8 cm³/mol. The lowest BCUT2D eigenvalue weighted by atomic mass is 9.95. The lowest BCUT2D eigenvalue weighted by molar-refractivity contribution is -0.123. The summed E-state index contributed by atoms with van der Waals surface area (Å²) in [5.74, 6) is -0.389. The predicted octanol–water partition coefficient (Wildman–Crippen LogP) is 0.343. The summed E-state index contributed by atoms with van der Waals surface area (Å²) in [6.45, 7) is 5.15. The number of nitrogens with zero attached hydrogens (tertiary/aromatic N) is 3. The molecular weight excluding hydrogens is 250 g/mol. The first-order chi connectivity index (χ1) is 8.52. The van der Waals surface area contributed by atoms with Crippen LogP contribution in [0.4, 0.5) is 0 Å². The van der Waals surface area contributed by atoms with Gasteiger partial charge < -0.3 is 11.1 Å². The van der Waals surface area contributed by atoms with Gasteiger partial charge in [-0.2, -0.15) is 0 Å². The molecule has 1 heterocycles. The van der Waals surface area contributed by atoms with Gasteiger partial charge in [0.2, 0.25) is 5.91 Å². The lowest BCUT2D eigenvalue weighted by Gasteiger charge is -2.18. The van der Waals surface area contributed by atoms with Crippen molar-refractivity contribution in [3.63, 3.8) is 0 Å². The van der Waals surface area contributed by atoms with Gasteiger partial charge >= 0.3 is 0 Å². The van der Waals surface area contributed by atoms with Crippen LogP contribution in [0.3, 0.4) is 0 Å². The third-order valence-corrected chi connectivity index (χ3v) is 2.84. The summed E-state index contributed by atoms with van der Waals surface area (Å²) in [7, 11) is 0. The van der Waals surface area contributed by atoms with Crippen LogP contribution in [0.15, 0.2) is 12.4 Å². The average molecular weight is 269 g/mol. The summed E-state index contributed by atoms with van der Waals surface area (Å²) >= 11 is 4.91. The van der Waals surface area contributed by atoms with E-state index in [4.69, 9.17) is 18.0 Å². The van der Waals surface area contributed by atoms with Crippen LogP contribution in [-0.4, -0.2) is 32.4 Å². The van der Waals surface area contributed by atoms with Crippen LogP contribution in [0.25, 0.3) is 0 Å². The molecule has 0 aliphatic rings. The number of rotatable bonds is 7. The van der Waals surface area contributed by atoms with E-state index in [1.54, 1.807) is 17.1 Å². The zero-order valence-electron chi connectivity index (χ0n) is 10.7. The lowest BCUT2D eigenvalue weighted by Crippen LogP contribution is -2.41. The monoisotopic (exact) mass is 269 g/mol. The van der Waals surface area contributed by atoms with Crippen molar-refractivity contribution < 1.29 is 4.79 Å². The Morgan fingerprint density at radius 2 is 2.28 bits per heavy atom. The zero-order valence-corrected chi connectivity index (χ0v) is 11.5. The molecule has 0 aliphatic carbocycles. The molecule has 1 aromatic heterocycles. The van der Waals surface area contributed by atoms with E-state index in [-0.39, 0.29) is 16.8 Å². The van der Waals surface area contributed by atoms with Crippen LogP contribution in [-0.2, 0) is 11.3 Å². The van der Waals surface area contributed by atoms with Gasteiger partial charge in [0.15, 0.2) is 0 Å². The first-order valence-electron chi connectivity index (χ1n) is 5.93. The summed E-state index contributed by atoms with van der Waals surface area (Å²) in [6.07, 6.45) is 4.20. The van der Waals surface area contributed by atoms with Crippen LogP contribution in [0.5, 0.6) is 0 Å². The number of nitrogens with two attached hydrogens (primary N) is 1. The summed E-state index contributed by atoms with van der Waals surface area (Å²) in [6, 6.07) is 0. The molecule has 1 rings (SSSR count). The number of aryl methyl sites for hydroxylation is 1. The number of hydrogen-bond acceptors (Lipinski definition) is 4. The molecule has 1 amide bonds. The smallest absolute Gasteiger partial charge is 0.230 e. The summed E-state index contributed by atoms with van der Waals surface area (Å²) in [5, 5.41) is 10.4. The normalized spacial score (nSPS) is 12.4. The molecule has 3 N–H and O–H groups in total. The standard InChI is InChI=1S/C11H19N5OS/c1-8(2)9(10(12)18)11(17)13-4-3-6-16-7-5-14-15-16/h5,7-9H,3-4,6H2,1-2H3,(H2,12,18)(H,13,17). The van der Waals surface area contributed by atoms with E-state index >= 15 is 0 Å². The van der Waals surface area contributed by atoms with Crippen LogP contribution < -0.4 is 11.1 Å². The van der Waals surface area contributed by atoms with Gasteiger partial charge in [-0.05, 0) is 12.3 Å². The summed E-state index contributed by atoms with van der Waals surface area (Å²) < 4.78 is 1.72. The molecule has 6 nitrogen and oxygen atoms in total. The van der Waals surface area contributed by atoms with Gasteiger partial charge in [-0.1, -0.05) is 31.3 Å². The second-order valence-electron chi connectivity index (χ2n) is 4.43. The van der Waals surface area contributed by atoms with Crippen molar-refractivity contribution in [3.8, 4) is 0 Å². The van der Waals surface area contributed by atoms with Crippen LogP contribution in [0.1, 0.15) is 20.3 Å². The minimum atomic E-state index is -0.397. The quantitative estimate of drug-likeness (QED) is 0.551. The van der Waals surface area contributed by atoms with Crippen molar-refractivity contribution in [2.24, 2.45) is 17.6 Å². The highest BCUT2D eigenvalue weighted by Gasteiger charge is 2.24. The van der Waals surface area contributed by atoms with E-state index in [0.717, 1.165) is 13.0 Å². The average Bonchev–Trinajstić information content (AvgIpc) is 2.76. The van der Waals surface area contributed by atoms with Gasteiger partial charge in [-0.25, -0.2) is 0 Å². The highest BCUT2D eigenvalue weighted by atomic mass is 32.1. The minimum Gasteiger partial charge on any atom is -0.393 e. The van der Waals surface area contributed by atoms with Gasteiger partial charge in [0, 0.05) is 19.3 Å². The van der Waals surface area contributed by atoms with E-state index in [1.165, 1.54) is 0 Å². The molecule has 0 spiro atoms. The van der Waals surface area contributed by atoms with Crippen molar-refractivity contribution in [1.82, 2.24) is 20.3 Å². The molecule has 100 valence electrons. The van der Waals surface area contributed by atoms with E-state index in [1.807, 2.05) is 13.8 Å². The van der Waals surface area contributed by atoms with Gasteiger partial charge in [-0.15, -0.1) is 5.10 Å². The number of carbonyl (C=O) groups excluding carboxylic acids is 1. The highest BCUT2D eigenvalue weighted by Crippen LogP contribution is 2.11. The zero-order chi connectivity index (χ0) is 13.5. The number of aromatic nitrogens is 3. The molecule has 1 aromatic rings. The largest absolute Gasteiger partial charge is 0.393 e. The molecule has 0 saturated carbocycles. The number of nitrogens with one attached hydrogen (secondary N) is 1. The highest BCUT2D eigenvalue weighted by molar-refractivity contribution is 7.80. The van der Waals surface area contributed by atoms with Gasteiger partial charge in [0.05, 0.1) is 17.1 Å². The number of hydrogen-bond donors (Lipinski definition) is 2. The minimum absolute atomic E-state index is 0.101. The van der Waals surface area contributed by atoms with E-state index in [9.17, 15) is 4.79 Å². The fraction of sp³-hybridized carbons (Fsp3) is 0.636. The molecular formula is C11H19N5OS. The maximum atomic E-state index is 11.9. The van der Waals surface area contributed by atoms with Crippen molar-refractivity contribution in [2.75, 3.05) is 6.54 Å². The van der Waals surface area contributed by atoms with E-state index < -0.39 is 5.92 Å². The SMILES string of the molecule is CC(C)C(C(=O)NCCCn1ccnn1)C(N)=S. The van der Waals surface area contributed by atoms with Gasteiger partial charge in [-0.3, -0.25) is 9.48 Å². The Bertz CT molecular complexity index is 390. The molecule has 18 heavy (non-hydrogen) atoms.